The first-order valence-electron chi connectivity index (χ1n) is 5.14. The molecule has 0 aliphatic rings. The summed E-state index contributed by atoms with van der Waals surface area (Å²) in [6, 6.07) is 3.28. The van der Waals surface area contributed by atoms with Gasteiger partial charge < -0.3 is 0 Å². The lowest BCUT2D eigenvalue weighted by Gasteiger charge is -2.05. The zero-order chi connectivity index (χ0) is 13.3. The quantitative estimate of drug-likeness (QED) is 0.739. The van der Waals surface area contributed by atoms with Crippen molar-refractivity contribution in [2.24, 2.45) is 7.05 Å². The molecule has 0 saturated carbocycles. The molecular weight excluding hydrogens is 236 g/mol. The van der Waals surface area contributed by atoms with Crippen molar-refractivity contribution in [1.29, 1.82) is 0 Å². The Kier molecular flexibility index (Phi) is 2.88. The van der Waals surface area contributed by atoms with Crippen LogP contribution in [0.2, 0.25) is 0 Å². The number of pyridine rings is 1. The lowest BCUT2D eigenvalue weighted by atomic mass is 10.3. The number of fused-ring (bicyclic) bond motifs is 1. The molecule has 2 amide bonds. The number of hydrogen-bond acceptors (Lipinski definition) is 5. The molecule has 0 spiro atoms. The highest BCUT2D eigenvalue weighted by molar-refractivity contribution is 6.03. The molecule has 1 N–H and O–H groups in total. The molecule has 2 aromatic rings. The summed E-state index contributed by atoms with van der Waals surface area (Å²) in [4.78, 5) is 42.3. The Morgan fingerprint density at radius 2 is 2.11 bits per heavy atom. The molecule has 0 aromatic carbocycles. The summed E-state index contributed by atoms with van der Waals surface area (Å²) < 4.78 is 1.22. The fourth-order valence-corrected chi connectivity index (χ4v) is 1.52. The van der Waals surface area contributed by atoms with Crippen LogP contribution in [-0.4, -0.2) is 26.3 Å². The number of hydrogen-bond donors (Lipinski definition) is 1. The van der Waals surface area contributed by atoms with Gasteiger partial charge in [0.05, 0.1) is 0 Å². The zero-order valence-corrected chi connectivity index (χ0v) is 9.80. The monoisotopic (exact) mass is 246 g/mol. The van der Waals surface area contributed by atoms with E-state index in [1.807, 2.05) is 5.32 Å². The highest BCUT2D eigenvalue weighted by atomic mass is 16.2. The SMILES string of the molecule is CC(=O)NC(=O)c1nc2cccnc2n(C)c1=O. The third-order valence-electron chi connectivity index (χ3n) is 2.33. The van der Waals surface area contributed by atoms with E-state index < -0.39 is 17.4 Å². The molecule has 92 valence electrons. The smallest absolute Gasteiger partial charge is 0.283 e. The minimum atomic E-state index is -0.811. The maximum Gasteiger partial charge on any atom is 0.283 e. The number of imide groups is 1. The van der Waals surface area contributed by atoms with Gasteiger partial charge in [0.15, 0.2) is 11.3 Å². The Balaban J connectivity index is 2.66. The third kappa shape index (κ3) is 1.97. The first-order valence-corrected chi connectivity index (χ1v) is 5.14. The molecule has 0 bridgehead atoms. The van der Waals surface area contributed by atoms with Gasteiger partial charge in [0, 0.05) is 20.2 Å². The van der Waals surface area contributed by atoms with Crippen LogP contribution in [0, 0.1) is 0 Å². The predicted octanol–water partition coefficient (Wildman–Crippen LogP) is -0.395. The van der Waals surface area contributed by atoms with Gasteiger partial charge in [0.2, 0.25) is 5.91 Å². The topological polar surface area (TPSA) is 93.9 Å². The molecule has 0 radical (unpaired) electrons. The fraction of sp³-hybridized carbons (Fsp3) is 0.182. The maximum atomic E-state index is 11.9. The van der Waals surface area contributed by atoms with Crippen LogP contribution in [0.15, 0.2) is 23.1 Å². The van der Waals surface area contributed by atoms with Crippen LogP contribution in [0.5, 0.6) is 0 Å². The van der Waals surface area contributed by atoms with Gasteiger partial charge in [-0.15, -0.1) is 0 Å². The Bertz CT molecular complexity index is 705. The number of carbonyl (C=O) groups excluding carboxylic acids is 2. The second-order valence-corrected chi connectivity index (χ2v) is 3.68. The molecule has 0 fully saturated rings. The number of carbonyl (C=O) groups is 2. The van der Waals surface area contributed by atoms with Gasteiger partial charge in [-0.1, -0.05) is 0 Å². The summed E-state index contributed by atoms with van der Waals surface area (Å²) in [6.07, 6.45) is 1.53. The summed E-state index contributed by atoms with van der Waals surface area (Å²) in [5, 5.41) is 2.02. The van der Waals surface area contributed by atoms with Crippen molar-refractivity contribution in [3.63, 3.8) is 0 Å². The molecule has 0 aliphatic carbocycles. The van der Waals surface area contributed by atoms with Crippen LogP contribution in [0.25, 0.3) is 11.2 Å². The van der Waals surface area contributed by atoms with Gasteiger partial charge in [-0.25, -0.2) is 9.97 Å². The molecule has 2 heterocycles. The number of nitrogens with one attached hydrogen (secondary N) is 1. The summed E-state index contributed by atoms with van der Waals surface area (Å²) in [7, 11) is 1.49. The normalized spacial score (nSPS) is 10.3. The second-order valence-electron chi connectivity index (χ2n) is 3.68. The van der Waals surface area contributed by atoms with E-state index in [0.29, 0.717) is 11.2 Å². The number of aromatic nitrogens is 3. The van der Waals surface area contributed by atoms with Gasteiger partial charge in [-0.05, 0) is 12.1 Å². The lowest BCUT2D eigenvalue weighted by Crippen LogP contribution is -2.36. The van der Waals surface area contributed by atoms with Crippen molar-refractivity contribution in [3.05, 3.63) is 34.4 Å². The molecule has 7 heteroatoms. The van der Waals surface area contributed by atoms with Crippen molar-refractivity contribution in [1.82, 2.24) is 19.9 Å². The molecule has 2 rings (SSSR count). The number of aryl methyl sites for hydroxylation is 1. The highest BCUT2D eigenvalue weighted by Gasteiger charge is 2.17. The van der Waals surface area contributed by atoms with Gasteiger partial charge in [0.25, 0.3) is 11.5 Å². The van der Waals surface area contributed by atoms with Crippen LogP contribution >= 0.6 is 0 Å². The van der Waals surface area contributed by atoms with Gasteiger partial charge in [-0.3, -0.25) is 24.3 Å². The Morgan fingerprint density at radius 3 is 2.78 bits per heavy atom. The Morgan fingerprint density at radius 1 is 1.39 bits per heavy atom. The van der Waals surface area contributed by atoms with Crippen molar-refractivity contribution in [2.45, 2.75) is 6.92 Å². The molecule has 0 saturated heterocycles. The Labute approximate surface area is 101 Å². The van der Waals surface area contributed by atoms with E-state index in [-0.39, 0.29) is 5.69 Å². The minimum absolute atomic E-state index is 0.326. The summed E-state index contributed by atoms with van der Waals surface area (Å²) in [6.45, 7) is 1.19. The standard InChI is InChI=1S/C11H10N4O3/c1-6(16)13-10(17)8-11(18)15(2)9-7(14-8)4-3-5-12-9/h3-5H,1-2H3,(H,13,16,17). The predicted molar refractivity (Wildman–Crippen MR) is 62.9 cm³/mol. The highest BCUT2D eigenvalue weighted by Crippen LogP contribution is 2.05. The van der Waals surface area contributed by atoms with Gasteiger partial charge in [-0.2, -0.15) is 0 Å². The molecule has 0 atom stereocenters. The summed E-state index contributed by atoms with van der Waals surface area (Å²) in [5.41, 5.74) is -0.136. The first-order chi connectivity index (χ1) is 8.50. The maximum absolute atomic E-state index is 11.9. The van der Waals surface area contributed by atoms with Crippen molar-refractivity contribution in [2.75, 3.05) is 0 Å². The molecule has 0 aliphatic heterocycles. The summed E-state index contributed by atoms with van der Waals surface area (Å²) >= 11 is 0. The van der Waals surface area contributed by atoms with Crippen LogP contribution in [0.3, 0.4) is 0 Å². The van der Waals surface area contributed by atoms with Gasteiger partial charge in [0.1, 0.15) is 5.52 Å². The largest absolute Gasteiger partial charge is 0.292 e. The number of nitrogens with zero attached hydrogens (tertiary/aromatic N) is 3. The van der Waals surface area contributed by atoms with Crippen LogP contribution in [-0.2, 0) is 11.8 Å². The lowest BCUT2D eigenvalue weighted by molar-refractivity contribution is -0.118. The minimum Gasteiger partial charge on any atom is -0.292 e. The Hall–Kier alpha value is -2.57. The van der Waals surface area contributed by atoms with E-state index in [1.165, 1.54) is 24.7 Å². The van der Waals surface area contributed by atoms with E-state index in [9.17, 15) is 14.4 Å². The molecule has 18 heavy (non-hydrogen) atoms. The van der Waals surface area contributed by atoms with Crippen LogP contribution < -0.4 is 10.9 Å². The van der Waals surface area contributed by atoms with Crippen molar-refractivity contribution < 1.29 is 9.59 Å². The van der Waals surface area contributed by atoms with Crippen molar-refractivity contribution >= 4 is 23.0 Å². The zero-order valence-electron chi connectivity index (χ0n) is 9.80. The average molecular weight is 246 g/mol. The fourth-order valence-electron chi connectivity index (χ4n) is 1.52. The van der Waals surface area contributed by atoms with E-state index >= 15 is 0 Å². The molecular formula is C11H10N4O3. The molecule has 2 aromatic heterocycles. The van der Waals surface area contributed by atoms with Crippen LogP contribution in [0.4, 0.5) is 0 Å². The third-order valence-corrected chi connectivity index (χ3v) is 2.33. The average Bonchev–Trinajstić information content (AvgIpc) is 2.33. The molecule has 7 nitrogen and oxygen atoms in total. The number of rotatable bonds is 1. The molecule has 0 unspecified atom stereocenters. The van der Waals surface area contributed by atoms with Crippen LogP contribution in [0.1, 0.15) is 17.4 Å². The number of amides is 2. The second kappa shape index (κ2) is 4.36. The van der Waals surface area contributed by atoms with Crippen molar-refractivity contribution in [3.8, 4) is 0 Å². The van der Waals surface area contributed by atoms with E-state index in [0.717, 1.165) is 0 Å². The summed E-state index contributed by atoms with van der Waals surface area (Å²) in [5.74, 6) is -1.36. The van der Waals surface area contributed by atoms with E-state index in [2.05, 4.69) is 9.97 Å². The van der Waals surface area contributed by atoms with Gasteiger partial charge >= 0.3 is 0 Å². The first kappa shape index (κ1) is 11.9. The van der Waals surface area contributed by atoms with E-state index in [1.54, 1.807) is 12.1 Å². The van der Waals surface area contributed by atoms with E-state index in [4.69, 9.17) is 0 Å².